The Bertz CT molecular complexity index is 362. The lowest BCUT2D eigenvalue weighted by molar-refractivity contribution is 0.855. The first-order chi connectivity index (χ1) is 6.18. The number of fused-ring (bicyclic) bond motifs is 1. The van der Waals surface area contributed by atoms with Gasteiger partial charge in [-0.1, -0.05) is 19.9 Å². The molecule has 13 heavy (non-hydrogen) atoms. The van der Waals surface area contributed by atoms with Gasteiger partial charge in [0.15, 0.2) is 0 Å². The third-order valence-electron chi connectivity index (χ3n) is 2.63. The third-order valence-corrected chi connectivity index (χ3v) is 2.63. The van der Waals surface area contributed by atoms with Gasteiger partial charge >= 0.3 is 0 Å². The highest BCUT2D eigenvalue weighted by Gasteiger charge is 2.11. The molecule has 1 aromatic carbocycles. The van der Waals surface area contributed by atoms with E-state index in [1.54, 1.807) is 0 Å². The molecule has 1 aromatic rings. The second-order valence-corrected chi connectivity index (χ2v) is 4.01. The molecule has 1 heteroatoms. The lowest BCUT2D eigenvalue weighted by Gasteiger charge is -2.11. The Hall–Kier alpha value is -1.11. The van der Waals surface area contributed by atoms with Crippen molar-refractivity contribution in [3.8, 4) is 0 Å². The van der Waals surface area contributed by atoms with Crippen molar-refractivity contribution in [1.29, 1.82) is 0 Å². The topological polar surface area (TPSA) is 12.4 Å². The van der Waals surface area contributed by atoms with Gasteiger partial charge in [0.1, 0.15) is 0 Å². The molecule has 68 valence electrons. The van der Waals surface area contributed by atoms with Crippen LogP contribution in [0.5, 0.6) is 0 Å². The number of aryl methyl sites for hydroxylation is 1. The van der Waals surface area contributed by atoms with E-state index in [4.69, 9.17) is 0 Å². The van der Waals surface area contributed by atoms with Crippen LogP contribution in [0, 0.1) is 6.92 Å². The minimum absolute atomic E-state index is 0.617. The van der Waals surface area contributed by atoms with Crippen molar-refractivity contribution in [2.45, 2.75) is 33.1 Å². The lowest BCUT2D eigenvalue weighted by Crippen LogP contribution is -1.93. The summed E-state index contributed by atoms with van der Waals surface area (Å²) in [7, 11) is 0. The molecule has 0 unspecified atom stereocenters. The van der Waals surface area contributed by atoms with E-state index in [1.807, 2.05) is 6.21 Å². The zero-order valence-corrected chi connectivity index (χ0v) is 8.46. The van der Waals surface area contributed by atoms with Crippen LogP contribution in [-0.2, 0) is 6.42 Å². The largest absolute Gasteiger partial charge is 0.261 e. The Balaban J connectivity index is 2.53. The van der Waals surface area contributed by atoms with Crippen molar-refractivity contribution < 1.29 is 0 Å². The quantitative estimate of drug-likeness (QED) is 0.617. The Kier molecular flexibility index (Phi) is 1.95. The van der Waals surface area contributed by atoms with E-state index < -0.39 is 0 Å². The third kappa shape index (κ3) is 1.39. The van der Waals surface area contributed by atoms with Crippen LogP contribution in [0.1, 0.15) is 36.5 Å². The van der Waals surface area contributed by atoms with E-state index in [2.05, 4.69) is 37.9 Å². The highest BCUT2D eigenvalue weighted by Crippen LogP contribution is 2.30. The van der Waals surface area contributed by atoms with E-state index in [-0.39, 0.29) is 0 Å². The van der Waals surface area contributed by atoms with Crippen LogP contribution >= 0.6 is 0 Å². The van der Waals surface area contributed by atoms with Crippen molar-refractivity contribution >= 4 is 11.9 Å². The van der Waals surface area contributed by atoms with E-state index in [0.717, 1.165) is 6.42 Å². The molecular formula is C12H15N. The van der Waals surface area contributed by atoms with Crippen LogP contribution in [0.2, 0.25) is 0 Å². The molecule has 1 aliphatic rings. The van der Waals surface area contributed by atoms with E-state index in [1.165, 1.54) is 22.4 Å². The summed E-state index contributed by atoms with van der Waals surface area (Å²) in [4.78, 5) is 4.34. The van der Waals surface area contributed by atoms with E-state index >= 15 is 0 Å². The molecule has 0 aromatic heterocycles. The first kappa shape index (κ1) is 8.49. The number of benzene rings is 1. The van der Waals surface area contributed by atoms with Gasteiger partial charge in [-0.2, -0.15) is 0 Å². The smallest absolute Gasteiger partial charge is 0.0664 e. The van der Waals surface area contributed by atoms with Gasteiger partial charge in [-0.25, -0.2) is 0 Å². The Labute approximate surface area is 79.5 Å². The van der Waals surface area contributed by atoms with Crippen LogP contribution < -0.4 is 0 Å². The van der Waals surface area contributed by atoms with Crippen molar-refractivity contribution in [1.82, 2.24) is 0 Å². The summed E-state index contributed by atoms with van der Waals surface area (Å²) in [6, 6.07) is 4.51. The summed E-state index contributed by atoms with van der Waals surface area (Å²) in [5.74, 6) is 0.617. The second kappa shape index (κ2) is 2.99. The molecule has 1 nitrogen and oxygen atoms in total. The molecule has 0 amide bonds. The van der Waals surface area contributed by atoms with E-state index in [9.17, 15) is 0 Å². The molecule has 0 saturated carbocycles. The first-order valence-electron chi connectivity index (χ1n) is 4.84. The molecule has 1 heterocycles. The van der Waals surface area contributed by atoms with Gasteiger partial charge in [0.2, 0.25) is 0 Å². The zero-order chi connectivity index (χ0) is 9.42. The summed E-state index contributed by atoms with van der Waals surface area (Å²) in [5.41, 5.74) is 5.38. The minimum Gasteiger partial charge on any atom is -0.261 e. The van der Waals surface area contributed by atoms with Gasteiger partial charge in [0, 0.05) is 12.6 Å². The van der Waals surface area contributed by atoms with Crippen molar-refractivity contribution in [2.24, 2.45) is 4.99 Å². The van der Waals surface area contributed by atoms with Crippen molar-refractivity contribution in [3.63, 3.8) is 0 Å². The second-order valence-electron chi connectivity index (χ2n) is 4.01. The number of hydrogen-bond acceptors (Lipinski definition) is 1. The molecule has 0 atom stereocenters. The van der Waals surface area contributed by atoms with Crippen LogP contribution in [0.15, 0.2) is 17.1 Å². The van der Waals surface area contributed by atoms with Crippen molar-refractivity contribution in [3.05, 3.63) is 28.8 Å². The average molecular weight is 173 g/mol. The maximum atomic E-state index is 4.34. The standard InChI is InChI=1S/C12H15N/c1-8(2)11-7-10-4-5-13-12(10)6-9(11)3/h5-8H,4H2,1-3H3. The number of nitrogens with zero attached hydrogens (tertiary/aromatic N) is 1. The fraction of sp³-hybridized carbons (Fsp3) is 0.417. The zero-order valence-electron chi connectivity index (χ0n) is 8.46. The molecule has 0 fully saturated rings. The predicted molar refractivity (Wildman–Crippen MR) is 57.1 cm³/mol. The fourth-order valence-corrected chi connectivity index (χ4v) is 1.90. The highest BCUT2D eigenvalue weighted by molar-refractivity contribution is 5.76. The SMILES string of the molecule is Cc1cc2c(cc1C(C)C)CC=N2. The van der Waals surface area contributed by atoms with E-state index in [0.29, 0.717) is 5.92 Å². The Morgan fingerprint density at radius 1 is 1.31 bits per heavy atom. The molecule has 0 aliphatic carbocycles. The van der Waals surface area contributed by atoms with Gasteiger partial charge < -0.3 is 0 Å². The fourth-order valence-electron chi connectivity index (χ4n) is 1.90. The highest BCUT2D eigenvalue weighted by atomic mass is 14.7. The maximum Gasteiger partial charge on any atom is 0.0664 e. The monoisotopic (exact) mass is 173 g/mol. The summed E-state index contributed by atoms with van der Waals surface area (Å²) in [6.07, 6.45) is 3.00. The molecule has 0 bridgehead atoms. The number of hydrogen-bond donors (Lipinski definition) is 0. The summed E-state index contributed by atoms with van der Waals surface area (Å²) < 4.78 is 0. The summed E-state index contributed by atoms with van der Waals surface area (Å²) in [5, 5.41) is 0. The molecule has 0 spiro atoms. The van der Waals surface area contributed by atoms with Crippen LogP contribution in [0.4, 0.5) is 5.69 Å². The van der Waals surface area contributed by atoms with Gasteiger partial charge in [-0.15, -0.1) is 0 Å². The Morgan fingerprint density at radius 3 is 2.77 bits per heavy atom. The summed E-state index contributed by atoms with van der Waals surface area (Å²) >= 11 is 0. The molecule has 2 rings (SSSR count). The molecule has 0 N–H and O–H groups in total. The van der Waals surface area contributed by atoms with Crippen LogP contribution in [-0.4, -0.2) is 6.21 Å². The van der Waals surface area contributed by atoms with Gasteiger partial charge in [0.25, 0.3) is 0 Å². The van der Waals surface area contributed by atoms with Crippen molar-refractivity contribution in [2.75, 3.05) is 0 Å². The van der Waals surface area contributed by atoms with Gasteiger partial charge in [-0.05, 0) is 35.6 Å². The first-order valence-corrected chi connectivity index (χ1v) is 4.84. The molecular weight excluding hydrogens is 158 g/mol. The lowest BCUT2D eigenvalue weighted by atomic mass is 9.94. The Morgan fingerprint density at radius 2 is 2.08 bits per heavy atom. The van der Waals surface area contributed by atoms with Crippen LogP contribution in [0.3, 0.4) is 0 Å². The average Bonchev–Trinajstić information content (AvgIpc) is 2.48. The van der Waals surface area contributed by atoms with Gasteiger partial charge in [0.05, 0.1) is 5.69 Å². The normalized spacial score (nSPS) is 13.8. The molecule has 0 radical (unpaired) electrons. The number of rotatable bonds is 1. The minimum atomic E-state index is 0.617. The maximum absolute atomic E-state index is 4.34. The van der Waals surface area contributed by atoms with Gasteiger partial charge in [-0.3, -0.25) is 4.99 Å². The van der Waals surface area contributed by atoms with Crippen LogP contribution in [0.25, 0.3) is 0 Å². The number of aliphatic imine (C=N–C) groups is 1. The molecule has 1 aliphatic heterocycles. The molecule has 0 saturated heterocycles. The predicted octanol–water partition coefficient (Wildman–Crippen LogP) is 3.38. The summed E-state index contributed by atoms with van der Waals surface area (Å²) in [6.45, 7) is 6.65.